The van der Waals surface area contributed by atoms with Crippen molar-refractivity contribution in [3.63, 3.8) is 0 Å². The Hall–Kier alpha value is -1.88. The van der Waals surface area contributed by atoms with E-state index >= 15 is 0 Å². The topological polar surface area (TPSA) is 80.6 Å². The number of halogens is 1. The van der Waals surface area contributed by atoms with Crippen LogP contribution in [0.4, 0.5) is 0 Å². The fraction of sp³-hybridized carbons (Fsp3) is 0.100. The summed E-state index contributed by atoms with van der Waals surface area (Å²) in [6, 6.07) is 3.44. The molecule has 0 aliphatic rings. The van der Waals surface area contributed by atoms with Crippen LogP contribution in [0, 0.1) is 12.3 Å². The largest absolute Gasteiger partial charge is 0.384 e. The summed E-state index contributed by atoms with van der Waals surface area (Å²) in [5.74, 6) is 0.599. The number of pyridine rings is 1. The van der Waals surface area contributed by atoms with Crippen molar-refractivity contribution in [2.24, 2.45) is 5.73 Å². The minimum Gasteiger partial charge on any atom is -0.384 e. The number of nitrogens with zero attached hydrogens (tertiary/aromatic N) is 3. The molecule has 0 fully saturated rings. The van der Waals surface area contributed by atoms with Crippen LogP contribution in [0.15, 0.2) is 24.5 Å². The van der Waals surface area contributed by atoms with Crippen molar-refractivity contribution in [2.75, 3.05) is 0 Å². The summed E-state index contributed by atoms with van der Waals surface area (Å²) in [7, 11) is 0. The highest BCUT2D eigenvalue weighted by Gasteiger charge is 2.05. The maximum absolute atomic E-state index is 7.39. The van der Waals surface area contributed by atoms with Crippen molar-refractivity contribution in [2.45, 2.75) is 6.92 Å². The van der Waals surface area contributed by atoms with Crippen LogP contribution in [0.5, 0.6) is 0 Å². The van der Waals surface area contributed by atoms with Gasteiger partial charge in [-0.3, -0.25) is 5.41 Å². The van der Waals surface area contributed by atoms with Crippen LogP contribution in [0.25, 0.3) is 5.82 Å². The fourth-order valence-corrected chi connectivity index (χ4v) is 1.49. The Kier molecular flexibility index (Phi) is 2.62. The summed E-state index contributed by atoms with van der Waals surface area (Å²) in [6.45, 7) is 1.83. The lowest BCUT2D eigenvalue weighted by atomic mass is 10.2. The molecule has 0 radical (unpaired) electrons. The lowest BCUT2D eigenvalue weighted by molar-refractivity contribution is 0.840. The molecular weight excluding hydrogens is 226 g/mol. The molecule has 0 atom stereocenters. The molecule has 2 aromatic heterocycles. The molecular formula is C10H10ClN5. The zero-order valence-electron chi connectivity index (χ0n) is 8.61. The van der Waals surface area contributed by atoms with Crippen LogP contribution in [0.3, 0.4) is 0 Å². The van der Waals surface area contributed by atoms with Gasteiger partial charge in [-0.05, 0) is 19.1 Å². The average Bonchev–Trinajstić information content (AvgIpc) is 2.64. The lowest BCUT2D eigenvalue weighted by Crippen LogP contribution is -2.13. The van der Waals surface area contributed by atoms with E-state index in [1.807, 2.05) is 6.92 Å². The van der Waals surface area contributed by atoms with Gasteiger partial charge in [0.25, 0.3) is 0 Å². The van der Waals surface area contributed by atoms with Crippen LogP contribution >= 0.6 is 11.6 Å². The molecule has 0 spiro atoms. The normalized spacial score (nSPS) is 10.4. The molecule has 6 heteroatoms. The first kappa shape index (κ1) is 10.6. The van der Waals surface area contributed by atoms with Crippen LogP contribution in [-0.4, -0.2) is 20.6 Å². The maximum atomic E-state index is 7.39. The van der Waals surface area contributed by atoms with E-state index in [0.29, 0.717) is 16.4 Å². The molecule has 82 valence electrons. The van der Waals surface area contributed by atoms with Gasteiger partial charge in [-0.1, -0.05) is 11.6 Å². The number of aromatic nitrogens is 3. The Labute approximate surface area is 97.4 Å². The molecule has 0 aromatic carbocycles. The molecule has 0 saturated carbocycles. The van der Waals surface area contributed by atoms with Crippen LogP contribution in [0.2, 0.25) is 5.02 Å². The van der Waals surface area contributed by atoms with E-state index in [1.54, 1.807) is 23.0 Å². The zero-order valence-corrected chi connectivity index (χ0v) is 9.36. The highest BCUT2D eigenvalue weighted by atomic mass is 35.5. The number of nitrogens with one attached hydrogen (secondary N) is 1. The van der Waals surface area contributed by atoms with Crippen molar-refractivity contribution in [3.8, 4) is 5.82 Å². The second kappa shape index (κ2) is 3.94. The first-order valence-corrected chi connectivity index (χ1v) is 4.97. The molecule has 0 unspecified atom stereocenters. The third-order valence-corrected chi connectivity index (χ3v) is 2.23. The molecule has 5 nitrogen and oxygen atoms in total. The molecule has 16 heavy (non-hydrogen) atoms. The minimum atomic E-state index is 0.00463. The first-order chi connectivity index (χ1) is 7.56. The molecule has 2 heterocycles. The highest BCUT2D eigenvalue weighted by molar-refractivity contribution is 6.30. The number of aryl methyl sites for hydroxylation is 1. The molecule has 0 aliphatic carbocycles. The second-order valence-electron chi connectivity index (χ2n) is 3.37. The fourth-order valence-electron chi connectivity index (χ4n) is 1.35. The predicted molar refractivity (Wildman–Crippen MR) is 62.1 cm³/mol. The predicted octanol–water partition coefficient (Wildman–Crippen LogP) is 1.51. The lowest BCUT2D eigenvalue weighted by Gasteiger charge is -2.05. The van der Waals surface area contributed by atoms with Crippen molar-refractivity contribution in [3.05, 3.63) is 40.8 Å². The van der Waals surface area contributed by atoms with Gasteiger partial charge in [-0.2, -0.15) is 5.10 Å². The minimum absolute atomic E-state index is 0.00463. The van der Waals surface area contributed by atoms with Crippen molar-refractivity contribution in [1.82, 2.24) is 14.8 Å². The van der Waals surface area contributed by atoms with E-state index in [9.17, 15) is 0 Å². The van der Waals surface area contributed by atoms with E-state index in [0.717, 1.165) is 5.69 Å². The number of nitrogen functional groups attached to an aromatic ring is 1. The number of amidine groups is 1. The molecule has 0 bridgehead atoms. The smallest absolute Gasteiger partial charge is 0.154 e. The van der Waals surface area contributed by atoms with Gasteiger partial charge < -0.3 is 5.73 Å². The molecule has 3 N–H and O–H groups in total. The monoisotopic (exact) mass is 235 g/mol. The Balaban J connectivity index is 2.53. The van der Waals surface area contributed by atoms with Crippen LogP contribution in [-0.2, 0) is 0 Å². The summed E-state index contributed by atoms with van der Waals surface area (Å²) >= 11 is 5.77. The number of hydrogen-bond donors (Lipinski definition) is 2. The van der Waals surface area contributed by atoms with E-state index in [-0.39, 0.29) is 5.84 Å². The summed E-state index contributed by atoms with van der Waals surface area (Å²) < 4.78 is 1.54. The molecule has 0 amide bonds. The van der Waals surface area contributed by atoms with Crippen molar-refractivity contribution in [1.29, 1.82) is 5.41 Å². The summed E-state index contributed by atoms with van der Waals surface area (Å²) in [4.78, 5) is 4.29. The van der Waals surface area contributed by atoms with Crippen molar-refractivity contribution < 1.29 is 0 Å². The first-order valence-electron chi connectivity index (χ1n) is 4.60. The Bertz CT molecular complexity index is 546. The van der Waals surface area contributed by atoms with Gasteiger partial charge in [0.15, 0.2) is 5.82 Å². The third-order valence-electron chi connectivity index (χ3n) is 2.04. The third kappa shape index (κ3) is 2.04. The standard InChI is InChI=1S/C10H10ClN5/c1-6-2-7(10(12)13)3-9(15-6)16-5-8(11)4-14-16/h2-5H,1H3,(H3,12,13). The number of rotatable bonds is 2. The van der Waals surface area contributed by atoms with Gasteiger partial charge >= 0.3 is 0 Å². The SMILES string of the molecule is Cc1cc(C(=N)N)cc(-n2cc(Cl)cn2)n1. The van der Waals surface area contributed by atoms with Gasteiger partial charge in [-0.15, -0.1) is 0 Å². The van der Waals surface area contributed by atoms with Crippen molar-refractivity contribution >= 4 is 17.4 Å². The van der Waals surface area contributed by atoms with Gasteiger partial charge in [0.1, 0.15) is 5.84 Å². The van der Waals surface area contributed by atoms with Gasteiger partial charge in [0.2, 0.25) is 0 Å². The molecule has 0 aliphatic heterocycles. The van der Waals surface area contributed by atoms with E-state index < -0.39 is 0 Å². The Morgan fingerprint density at radius 2 is 2.25 bits per heavy atom. The average molecular weight is 236 g/mol. The van der Waals surface area contributed by atoms with Gasteiger partial charge in [-0.25, -0.2) is 9.67 Å². The Morgan fingerprint density at radius 3 is 2.81 bits per heavy atom. The highest BCUT2D eigenvalue weighted by Crippen LogP contribution is 2.12. The second-order valence-corrected chi connectivity index (χ2v) is 3.81. The molecule has 0 saturated heterocycles. The molecule has 2 rings (SSSR count). The number of hydrogen-bond acceptors (Lipinski definition) is 3. The quantitative estimate of drug-likeness (QED) is 0.612. The zero-order chi connectivity index (χ0) is 11.7. The Morgan fingerprint density at radius 1 is 1.50 bits per heavy atom. The summed E-state index contributed by atoms with van der Waals surface area (Å²) in [5, 5.41) is 12.0. The van der Waals surface area contributed by atoms with E-state index in [4.69, 9.17) is 22.7 Å². The summed E-state index contributed by atoms with van der Waals surface area (Å²) in [6.07, 6.45) is 3.17. The summed E-state index contributed by atoms with van der Waals surface area (Å²) in [5.41, 5.74) is 6.83. The van der Waals surface area contributed by atoms with Crippen LogP contribution < -0.4 is 5.73 Å². The van der Waals surface area contributed by atoms with Gasteiger partial charge in [0.05, 0.1) is 17.4 Å². The van der Waals surface area contributed by atoms with E-state index in [1.165, 1.54) is 6.20 Å². The van der Waals surface area contributed by atoms with E-state index in [2.05, 4.69) is 10.1 Å². The van der Waals surface area contributed by atoms with Gasteiger partial charge in [0, 0.05) is 11.3 Å². The maximum Gasteiger partial charge on any atom is 0.154 e. The molecule has 2 aromatic rings. The van der Waals surface area contributed by atoms with Crippen LogP contribution in [0.1, 0.15) is 11.3 Å². The number of nitrogens with two attached hydrogens (primary N) is 1.